The van der Waals surface area contributed by atoms with Gasteiger partial charge in [-0.05, 0) is 24.3 Å². The summed E-state index contributed by atoms with van der Waals surface area (Å²) in [6.07, 6.45) is 0. The molecule has 3 rings (SSSR count). The van der Waals surface area contributed by atoms with Gasteiger partial charge in [-0.2, -0.15) is 5.26 Å². The van der Waals surface area contributed by atoms with E-state index in [2.05, 4.69) is 0 Å². The fourth-order valence-corrected chi connectivity index (χ4v) is 2.21. The van der Waals surface area contributed by atoms with Gasteiger partial charge >= 0.3 is 0 Å². The van der Waals surface area contributed by atoms with Crippen LogP contribution in [0.2, 0.25) is 0 Å². The lowest BCUT2D eigenvalue weighted by Crippen LogP contribution is -2.02. The molecule has 1 heterocycles. The third-order valence-electron chi connectivity index (χ3n) is 3.24. The number of hydrogen-bond donors (Lipinski definition) is 2. The Labute approximate surface area is 130 Å². The highest BCUT2D eigenvalue weighted by Gasteiger charge is 2.13. The molecule has 6 nitrogen and oxygen atoms in total. The molecule has 0 fully saturated rings. The minimum atomic E-state index is -0.404. The number of hydrogen-bond acceptors (Lipinski definition) is 6. The van der Waals surface area contributed by atoms with Gasteiger partial charge in [-0.3, -0.25) is 4.79 Å². The average Bonchev–Trinajstić information content (AvgIpc) is 2.52. The summed E-state index contributed by atoms with van der Waals surface area (Å²) in [6.45, 7) is -0.188. The second-order valence-corrected chi connectivity index (χ2v) is 4.78. The van der Waals surface area contributed by atoms with Crippen molar-refractivity contribution in [1.82, 2.24) is 0 Å². The van der Waals surface area contributed by atoms with Crippen LogP contribution in [0.4, 0.5) is 0 Å². The predicted molar refractivity (Wildman–Crippen MR) is 82.4 cm³/mol. The van der Waals surface area contributed by atoms with Crippen molar-refractivity contribution >= 4 is 11.0 Å². The molecule has 0 saturated carbocycles. The Bertz CT molecular complexity index is 967. The van der Waals surface area contributed by atoms with Crippen LogP contribution in [0.25, 0.3) is 22.3 Å². The number of rotatable bonds is 3. The van der Waals surface area contributed by atoms with Crippen LogP contribution in [0, 0.1) is 11.3 Å². The van der Waals surface area contributed by atoms with Crippen molar-refractivity contribution in [2.45, 2.75) is 0 Å². The summed E-state index contributed by atoms with van der Waals surface area (Å²) in [5.41, 5.74) is 0.344. The van der Waals surface area contributed by atoms with Crippen molar-refractivity contribution in [1.29, 1.82) is 5.26 Å². The lowest BCUT2D eigenvalue weighted by Gasteiger charge is -2.07. The SMILES string of the molecule is N#CCOc1cc(O)c2c(=O)cc(-c3ccc(O)cc3)oc2c1. The van der Waals surface area contributed by atoms with Crippen LogP contribution in [0.1, 0.15) is 0 Å². The monoisotopic (exact) mass is 309 g/mol. The maximum atomic E-state index is 12.2. The minimum Gasteiger partial charge on any atom is -0.508 e. The Morgan fingerprint density at radius 2 is 1.87 bits per heavy atom. The van der Waals surface area contributed by atoms with Crippen LogP contribution >= 0.6 is 0 Å². The lowest BCUT2D eigenvalue weighted by atomic mass is 10.1. The third kappa shape index (κ3) is 2.80. The molecule has 0 unspecified atom stereocenters. The molecule has 6 heteroatoms. The maximum absolute atomic E-state index is 12.2. The van der Waals surface area contributed by atoms with Crippen LogP contribution in [-0.4, -0.2) is 16.8 Å². The fourth-order valence-electron chi connectivity index (χ4n) is 2.21. The van der Waals surface area contributed by atoms with E-state index in [0.717, 1.165) is 0 Å². The first-order chi connectivity index (χ1) is 11.1. The molecule has 0 bridgehead atoms. The van der Waals surface area contributed by atoms with Gasteiger partial charge in [0.1, 0.15) is 40.0 Å². The molecule has 0 radical (unpaired) electrons. The summed E-state index contributed by atoms with van der Waals surface area (Å²) in [5, 5.41) is 27.9. The Balaban J connectivity index is 2.17. The van der Waals surface area contributed by atoms with Gasteiger partial charge in [0, 0.05) is 23.8 Å². The first kappa shape index (κ1) is 14.5. The highest BCUT2D eigenvalue weighted by Crippen LogP contribution is 2.31. The van der Waals surface area contributed by atoms with E-state index in [9.17, 15) is 15.0 Å². The smallest absolute Gasteiger partial charge is 0.197 e. The van der Waals surface area contributed by atoms with E-state index in [0.29, 0.717) is 11.3 Å². The van der Waals surface area contributed by atoms with Gasteiger partial charge in [0.2, 0.25) is 0 Å². The van der Waals surface area contributed by atoms with Crippen molar-refractivity contribution in [3.8, 4) is 34.6 Å². The topological polar surface area (TPSA) is 104 Å². The second kappa shape index (κ2) is 5.73. The summed E-state index contributed by atoms with van der Waals surface area (Å²) in [4.78, 5) is 12.2. The molecule has 0 atom stereocenters. The Morgan fingerprint density at radius 3 is 2.57 bits per heavy atom. The van der Waals surface area contributed by atoms with Crippen LogP contribution in [0.15, 0.2) is 51.7 Å². The molecule has 2 N–H and O–H groups in total. The van der Waals surface area contributed by atoms with E-state index < -0.39 is 5.43 Å². The average molecular weight is 309 g/mol. The van der Waals surface area contributed by atoms with Gasteiger partial charge < -0.3 is 19.4 Å². The van der Waals surface area contributed by atoms with E-state index in [1.165, 1.54) is 30.3 Å². The van der Waals surface area contributed by atoms with Gasteiger partial charge in [-0.15, -0.1) is 0 Å². The highest BCUT2D eigenvalue weighted by molar-refractivity contribution is 5.86. The molecule has 0 spiro atoms. The van der Waals surface area contributed by atoms with Gasteiger partial charge in [0.15, 0.2) is 12.0 Å². The quantitative estimate of drug-likeness (QED) is 0.771. The first-order valence-corrected chi connectivity index (χ1v) is 6.68. The Hall–Kier alpha value is -3.46. The molecular formula is C17H11NO5. The van der Waals surface area contributed by atoms with Crippen LogP contribution < -0.4 is 10.2 Å². The molecule has 0 saturated heterocycles. The predicted octanol–water partition coefficient (Wildman–Crippen LogP) is 2.77. The largest absolute Gasteiger partial charge is 0.508 e. The second-order valence-electron chi connectivity index (χ2n) is 4.78. The number of phenolic OH excluding ortho intramolecular Hbond substituents is 2. The van der Waals surface area contributed by atoms with E-state index in [1.807, 2.05) is 6.07 Å². The van der Waals surface area contributed by atoms with Crippen molar-refractivity contribution in [2.75, 3.05) is 6.61 Å². The highest BCUT2D eigenvalue weighted by atomic mass is 16.5. The summed E-state index contributed by atoms with van der Waals surface area (Å²) in [6, 6.07) is 12.0. The van der Waals surface area contributed by atoms with E-state index in [-0.39, 0.29) is 34.8 Å². The molecule has 2 aromatic carbocycles. The summed E-state index contributed by atoms with van der Waals surface area (Å²) < 4.78 is 10.8. The van der Waals surface area contributed by atoms with Crippen LogP contribution in [-0.2, 0) is 0 Å². The van der Waals surface area contributed by atoms with E-state index >= 15 is 0 Å². The molecule has 3 aromatic rings. The number of benzene rings is 2. The molecule has 23 heavy (non-hydrogen) atoms. The number of nitrogens with zero attached hydrogens (tertiary/aromatic N) is 1. The Kier molecular flexibility index (Phi) is 3.61. The van der Waals surface area contributed by atoms with Gasteiger partial charge in [0.05, 0.1) is 0 Å². The summed E-state index contributed by atoms with van der Waals surface area (Å²) in [5.74, 6) is 0.338. The lowest BCUT2D eigenvalue weighted by molar-refractivity contribution is 0.364. The van der Waals surface area contributed by atoms with Crippen molar-refractivity contribution in [2.24, 2.45) is 0 Å². The summed E-state index contributed by atoms with van der Waals surface area (Å²) in [7, 11) is 0. The van der Waals surface area contributed by atoms with Crippen molar-refractivity contribution in [3.05, 3.63) is 52.7 Å². The van der Waals surface area contributed by atoms with Gasteiger partial charge in [-0.1, -0.05) is 0 Å². The molecular weight excluding hydrogens is 298 g/mol. The molecule has 114 valence electrons. The zero-order chi connectivity index (χ0) is 16.4. The van der Waals surface area contributed by atoms with E-state index in [4.69, 9.17) is 14.4 Å². The van der Waals surface area contributed by atoms with Crippen molar-refractivity contribution < 1.29 is 19.4 Å². The number of ether oxygens (including phenoxy) is 1. The van der Waals surface area contributed by atoms with Gasteiger partial charge in [0.25, 0.3) is 0 Å². The zero-order valence-electron chi connectivity index (χ0n) is 11.8. The zero-order valence-corrected chi connectivity index (χ0v) is 11.8. The molecule has 0 amide bonds. The number of fused-ring (bicyclic) bond motifs is 1. The number of nitriles is 1. The molecule has 0 aliphatic rings. The van der Waals surface area contributed by atoms with Crippen molar-refractivity contribution in [3.63, 3.8) is 0 Å². The first-order valence-electron chi connectivity index (χ1n) is 6.68. The normalized spacial score (nSPS) is 10.4. The van der Waals surface area contributed by atoms with Gasteiger partial charge in [-0.25, -0.2) is 0 Å². The molecule has 0 aliphatic carbocycles. The van der Waals surface area contributed by atoms with Crippen LogP contribution in [0.5, 0.6) is 17.2 Å². The minimum absolute atomic E-state index is 0.0387. The fraction of sp³-hybridized carbons (Fsp3) is 0.0588. The van der Waals surface area contributed by atoms with Crippen LogP contribution in [0.3, 0.4) is 0 Å². The summed E-state index contributed by atoms with van der Waals surface area (Å²) >= 11 is 0. The number of phenols is 2. The number of aromatic hydroxyl groups is 2. The molecule has 1 aromatic heterocycles. The Morgan fingerprint density at radius 1 is 1.13 bits per heavy atom. The maximum Gasteiger partial charge on any atom is 0.197 e. The standard InChI is InChI=1S/C17H11NO5/c18-5-6-22-12-7-13(20)17-14(21)9-15(23-16(17)8-12)10-1-3-11(19)4-2-10/h1-4,7-9,19-20H,6H2. The third-order valence-corrected chi connectivity index (χ3v) is 3.24. The molecule has 0 aliphatic heterocycles. The van der Waals surface area contributed by atoms with E-state index in [1.54, 1.807) is 12.1 Å².